The summed E-state index contributed by atoms with van der Waals surface area (Å²) in [6.45, 7) is 1.11. The summed E-state index contributed by atoms with van der Waals surface area (Å²) >= 11 is 0. The van der Waals surface area contributed by atoms with Crippen LogP contribution >= 0.6 is 0 Å². The first-order valence-corrected chi connectivity index (χ1v) is 9.40. The lowest BCUT2D eigenvalue weighted by Gasteiger charge is -2.41. The summed E-state index contributed by atoms with van der Waals surface area (Å²) in [5.41, 5.74) is 0.153. The number of ether oxygens (including phenoxy) is 1. The number of carbonyl (C=O) groups is 2. The highest BCUT2D eigenvalue weighted by Crippen LogP contribution is 2.36. The van der Waals surface area contributed by atoms with E-state index >= 15 is 0 Å². The number of carbonyl (C=O) groups excluding carboxylic acids is 2. The quantitative estimate of drug-likeness (QED) is 0.482. The van der Waals surface area contributed by atoms with Gasteiger partial charge in [0.1, 0.15) is 5.69 Å². The molecule has 1 N–H and O–H groups in total. The molecule has 1 aromatic rings. The normalized spacial score (nSPS) is 21.9. The van der Waals surface area contributed by atoms with Crippen molar-refractivity contribution in [1.82, 2.24) is 4.90 Å². The number of nitro groups is 1. The molecule has 1 aliphatic carbocycles. The lowest BCUT2D eigenvalue weighted by atomic mass is 9.75. The SMILES string of the molecule is CNc1ccc(C(=O)OCC(=O)N2CC[C@@H]3CCCC[C@H]3C2)cc1[N+](=O)[O-]. The fraction of sp³-hybridized carbons (Fsp3) is 0.579. The first-order chi connectivity index (χ1) is 13.0. The molecule has 8 heteroatoms. The van der Waals surface area contributed by atoms with Gasteiger partial charge in [-0.05, 0) is 36.8 Å². The first kappa shape index (κ1) is 19.1. The topological polar surface area (TPSA) is 102 Å². The number of piperidine rings is 1. The van der Waals surface area contributed by atoms with Crippen LogP contribution in [0.15, 0.2) is 18.2 Å². The van der Waals surface area contributed by atoms with Gasteiger partial charge in [0.05, 0.1) is 10.5 Å². The number of nitro benzene ring substituents is 1. The Balaban J connectivity index is 1.56. The maximum atomic E-state index is 12.4. The zero-order chi connectivity index (χ0) is 19.4. The van der Waals surface area contributed by atoms with E-state index in [2.05, 4.69) is 5.32 Å². The second kappa shape index (κ2) is 8.37. The highest BCUT2D eigenvalue weighted by Gasteiger charge is 2.33. The predicted octanol–water partition coefficient (Wildman–Crippen LogP) is 2.83. The van der Waals surface area contributed by atoms with Crippen molar-refractivity contribution in [3.63, 3.8) is 0 Å². The second-order valence-electron chi connectivity index (χ2n) is 7.25. The van der Waals surface area contributed by atoms with Crippen molar-refractivity contribution < 1.29 is 19.2 Å². The summed E-state index contributed by atoms with van der Waals surface area (Å²) in [7, 11) is 1.56. The predicted molar refractivity (Wildman–Crippen MR) is 99.6 cm³/mol. The zero-order valence-electron chi connectivity index (χ0n) is 15.5. The Morgan fingerprint density at radius 2 is 2.00 bits per heavy atom. The number of amides is 1. The summed E-state index contributed by atoms with van der Waals surface area (Å²) < 4.78 is 5.11. The smallest absolute Gasteiger partial charge is 0.338 e. The molecule has 1 saturated carbocycles. The van der Waals surface area contributed by atoms with E-state index in [-0.39, 0.29) is 23.8 Å². The van der Waals surface area contributed by atoms with Crippen molar-refractivity contribution >= 4 is 23.3 Å². The molecule has 0 bridgehead atoms. The van der Waals surface area contributed by atoms with Crippen LogP contribution in [0, 0.1) is 22.0 Å². The van der Waals surface area contributed by atoms with Gasteiger partial charge in [-0.1, -0.05) is 19.3 Å². The van der Waals surface area contributed by atoms with Gasteiger partial charge in [-0.3, -0.25) is 14.9 Å². The van der Waals surface area contributed by atoms with Gasteiger partial charge in [0.25, 0.3) is 11.6 Å². The van der Waals surface area contributed by atoms with Crippen LogP contribution in [0.3, 0.4) is 0 Å². The molecule has 1 saturated heterocycles. The molecule has 0 spiro atoms. The molecule has 0 radical (unpaired) electrons. The minimum absolute atomic E-state index is 0.0551. The summed E-state index contributed by atoms with van der Waals surface area (Å²) in [5, 5.41) is 13.8. The average Bonchev–Trinajstić information content (AvgIpc) is 2.70. The zero-order valence-corrected chi connectivity index (χ0v) is 15.5. The van der Waals surface area contributed by atoms with Crippen molar-refractivity contribution in [2.75, 3.05) is 32.1 Å². The van der Waals surface area contributed by atoms with E-state index in [1.807, 2.05) is 0 Å². The molecule has 8 nitrogen and oxygen atoms in total. The van der Waals surface area contributed by atoms with Crippen LogP contribution in [0.5, 0.6) is 0 Å². The van der Waals surface area contributed by atoms with Gasteiger partial charge in [-0.25, -0.2) is 4.79 Å². The molecular formula is C19H25N3O5. The molecule has 1 aliphatic heterocycles. The Kier molecular flexibility index (Phi) is 5.93. The van der Waals surface area contributed by atoms with Crippen LogP contribution in [-0.4, -0.2) is 48.4 Å². The maximum absolute atomic E-state index is 12.4. The molecule has 2 aliphatic rings. The molecule has 2 fully saturated rings. The van der Waals surface area contributed by atoms with Crippen LogP contribution < -0.4 is 5.32 Å². The summed E-state index contributed by atoms with van der Waals surface area (Å²) in [4.78, 5) is 36.9. The molecular weight excluding hydrogens is 350 g/mol. The summed E-state index contributed by atoms with van der Waals surface area (Å²) in [6, 6.07) is 4.05. The third-order valence-electron chi connectivity index (χ3n) is 5.67. The van der Waals surface area contributed by atoms with Gasteiger partial charge in [-0.2, -0.15) is 0 Å². The average molecular weight is 375 g/mol. The Morgan fingerprint density at radius 3 is 2.70 bits per heavy atom. The van der Waals surface area contributed by atoms with E-state index in [0.717, 1.165) is 31.4 Å². The molecule has 3 rings (SSSR count). The van der Waals surface area contributed by atoms with Gasteiger partial charge in [0.15, 0.2) is 6.61 Å². The van der Waals surface area contributed by atoms with Crippen molar-refractivity contribution in [1.29, 1.82) is 0 Å². The highest BCUT2D eigenvalue weighted by atomic mass is 16.6. The molecule has 0 unspecified atom stereocenters. The molecule has 1 heterocycles. The summed E-state index contributed by atoms with van der Waals surface area (Å²) in [6.07, 6.45) is 5.94. The summed E-state index contributed by atoms with van der Waals surface area (Å²) in [5.74, 6) is 0.343. The maximum Gasteiger partial charge on any atom is 0.338 e. The molecule has 2 atom stereocenters. The largest absolute Gasteiger partial charge is 0.452 e. The number of nitrogens with one attached hydrogen (secondary N) is 1. The van der Waals surface area contributed by atoms with E-state index in [9.17, 15) is 19.7 Å². The molecule has 0 aromatic heterocycles. The minimum Gasteiger partial charge on any atom is -0.452 e. The van der Waals surface area contributed by atoms with Gasteiger partial charge in [0.2, 0.25) is 0 Å². The van der Waals surface area contributed by atoms with Crippen molar-refractivity contribution in [2.24, 2.45) is 11.8 Å². The number of nitrogens with zero attached hydrogens (tertiary/aromatic N) is 2. The lowest BCUT2D eigenvalue weighted by molar-refractivity contribution is -0.384. The van der Waals surface area contributed by atoms with Gasteiger partial charge in [0, 0.05) is 26.2 Å². The van der Waals surface area contributed by atoms with Crippen LogP contribution in [0.25, 0.3) is 0 Å². The van der Waals surface area contributed by atoms with E-state index in [0.29, 0.717) is 18.2 Å². The standard InChI is InChI=1S/C19H25N3O5/c1-20-16-7-6-14(10-17(16)22(25)26)19(24)27-12-18(23)21-9-8-13-4-2-3-5-15(13)11-21/h6-7,10,13,15,20H,2-5,8-9,11-12H2,1H3/t13-,15-/m0/s1. The Hall–Kier alpha value is -2.64. The van der Waals surface area contributed by atoms with Crippen LogP contribution in [-0.2, 0) is 9.53 Å². The van der Waals surface area contributed by atoms with Gasteiger partial charge in [-0.15, -0.1) is 0 Å². The van der Waals surface area contributed by atoms with E-state index in [1.54, 1.807) is 11.9 Å². The molecule has 146 valence electrons. The number of anilines is 1. The molecule has 1 amide bonds. The number of likely N-dealkylation sites (tertiary alicyclic amines) is 1. The third-order valence-corrected chi connectivity index (χ3v) is 5.67. The van der Waals surface area contributed by atoms with Crippen molar-refractivity contribution in [3.05, 3.63) is 33.9 Å². The molecule has 27 heavy (non-hydrogen) atoms. The van der Waals surface area contributed by atoms with E-state index in [1.165, 1.54) is 31.4 Å². The number of rotatable bonds is 5. The first-order valence-electron chi connectivity index (χ1n) is 9.40. The van der Waals surface area contributed by atoms with Gasteiger partial charge >= 0.3 is 5.97 Å². The van der Waals surface area contributed by atoms with Crippen LogP contribution in [0.4, 0.5) is 11.4 Å². The number of esters is 1. The Bertz CT molecular complexity index is 736. The fourth-order valence-corrected chi connectivity index (χ4v) is 4.15. The number of hydrogen-bond donors (Lipinski definition) is 1. The van der Waals surface area contributed by atoms with Crippen LogP contribution in [0.1, 0.15) is 42.5 Å². The fourth-order valence-electron chi connectivity index (χ4n) is 4.15. The van der Waals surface area contributed by atoms with E-state index in [4.69, 9.17) is 4.74 Å². The highest BCUT2D eigenvalue weighted by molar-refractivity contribution is 5.93. The monoisotopic (exact) mass is 375 g/mol. The Morgan fingerprint density at radius 1 is 1.26 bits per heavy atom. The second-order valence-corrected chi connectivity index (χ2v) is 7.25. The third kappa shape index (κ3) is 4.37. The number of fused-ring (bicyclic) bond motifs is 1. The minimum atomic E-state index is -0.735. The number of hydrogen-bond acceptors (Lipinski definition) is 6. The van der Waals surface area contributed by atoms with Crippen molar-refractivity contribution in [2.45, 2.75) is 32.1 Å². The Labute approximate surface area is 158 Å². The number of benzene rings is 1. The lowest BCUT2D eigenvalue weighted by Crippen LogP contribution is -2.46. The van der Waals surface area contributed by atoms with E-state index < -0.39 is 10.9 Å². The molecule has 1 aromatic carbocycles. The van der Waals surface area contributed by atoms with Crippen LogP contribution in [0.2, 0.25) is 0 Å². The van der Waals surface area contributed by atoms with Crippen molar-refractivity contribution in [3.8, 4) is 0 Å². The van der Waals surface area contributed by atoms with Gasteiger partial charge < -0.3 is 15.0 Å².